The molecule has 2 N–H and O–H groups in total. The summed E-state index contributed by atoms with van der Waals surface area (Å²) in [6, 6.07) is 12.3. The van der Waals surface area contributed by atoms with Gasteiger partial charge in [0, 0.05) is 18.0 Å². The van der Waals surface area contributed by atoms with Crippen molar-refractivity contribution in [2.75, 3.05) is 6.61 Å². The Labute approximate surface area is 102 Å². The first-order chi connectivity index (χ1) is 8.33. The maximum Gasteiger partial charge on any atom is 0.0705 e. The molecular formula is C14H18N2O. The molecule has 1 aromatic carbocycles. The van der Waals surface area contributed by atoms with Gasteiger partial charge in [-0.3, -0.25) is 4.98 Å². The van der Waals surface area contributed by atoms with E-state index in [4.69, 9.17) is 5.11 Å². The van der Waals surface area contributed by atoms with Crippen LogP contribution in [0.4, 0.5) is 0 Å². The van der Waals surface area contributed by atoms with Crippen LogP contribution < -0.4 is 5.32 Å². The number of nitrogens with zero attached hydrogens (tertiary/aromatic N) is 1. The maximum atomic E-state index is 9.09. The highest BCUT2D eigenvalue weighted by atomic mass is 16.3. The predicted molar refractivity (Wildman–Crippen MR) is 69.7 cm³/mol. The standard InChI is InChI=1S/C14H18N2O/c1-2-12(10-17)15-9-13-8-7-11-5-3-4-6-14(11)16-13/h3-8,12,15,17H,2,9-10H2,1H3. The minimum absolute atomic E-state index is 0.156. The molecule has 0 saturated carbocycles. The van der Waals surface area contributed by atoms with Gasteiger partial charge in [-0.05, 0) is 18.6 Å². The number of benzene rings is 1. The third-order valence-electron chi connectivity index (χ3n) is 2.94. The number of fused-ring (bicyclic) bond motifs is 1. The fourth-order valence-electron chi connectivity index (χ4n) is 1.79. The Morgan fingerprint density at radius 3 is 2.82 bits per heavy atom. The van der Waals surface area contributed by atoms with E-state index in [0.29, 0.717) is 6.54 Å². The Morgan fingerprint density at radius 2 is 2.06 bits per heavy atom. The third kappa shape index (κ3) is 3.02. The Morgan fingerprint density at radius 1 is 1.24 bits per heavy atom. The van der Waals surface area contributed by atoms with Crippen LogP contribution in [0.1, 0.15) is 19.0 Å². The predicted octanol–water partition coefficient (Wildman–Crippen LogP) is 2.10. The summed E-state index contributed by atoms with van der Waals surface area (Å²) in [7, 11) is 0. The first-order valence-electron chi connectivity index (χ1n) is 6.02. The largest absolute Gasteiger partial charge is 0.395 e. The van der Waals surface area contributed by atoms with E-state index in [9.17, 15) is 0 Å². The summed E-state index contributed by atoms with van der Waals surface area (Å²) < 4.78 is 0. The van der Waals surface area contributed by atoms with Gasteiger partial charge in [0.1, 0.15) is 0 Å². The number of aromatic nitrogens is 1. The minimum Gasteiger partial charge on any atom is -0.395 e. The summed E-state index contributed by atoms with van der Waals surface area (Å²) in [4.78, 5) is 4.57. The Kier molecular flexibility index (Phi) is 4.07. The molecule has 90 valence electrons. The lowest BCUT2D eigenvalue weighted by atomic mass is 10.2. The smallest absolute Gasteiger partial charge is 0.0705 e. The molecule has 3 heteroatoms. The molecule has 17 heavy (non-hydrogen) atoms. The summed E-state index contributed by atoms with van der Waals surface area (Å²) in [5.74, 6) is 0. The lowest BCUT2D eigenvalue weighted by Crippen LogP contribution is -2.31. The number of hydrogen-bond acceptors (Lipinski definition) is 3. The van der Waals surface area contributed by atoms with Gasteiger partial charge in [-0.1, -0.05) is 31.2 Å². The van der Waals surface area contributed by atoms with Gasteiger partial charge >= 0.3 is 0 Å². The molecule has 0 bridgehead atoms. The van der Waals surface area contributed by atoms with Crippen molar-refractivity contribution < 1.29 is 5.11 Å². The summed E-state index contributed by atoms with van der Waals surface area (Å²) in [5, 5.41) is 13.5. The third-order valence-corrected chi connectivity index (χ3v) is 2.94. The Bertz CT molecular complexity index is 480. The quantitative estimate of drug-likeness (QED) is 0.826. The van der Waals surface area contributed by atoms with Crippen LogP contribution in [0.15, 0.2) is 36.4 Å². The zero-order valence-corrected chi connectivity index (χ0v) is 10.1. The summed E-state index contributed by atoms with van der Waals surface area (Å²) >= 11 is 0. The van der Waals surface area contributed by atoms with E-state index in [0.717, 1.165) is 23.0 Å². The molecule has 0 amide bonds. The number of nitrogens with one attached hydrogen (secondary N) is 1. The molecule has 1 unspecified atom stereocenters. The van der Waals surface area contributed by atoms with Crippen LogP contribution in [-0.2, 0) is 6.54 Å². The lowest BCUT2D eigenvalue weighted by Gasteiger charge is -2.13. The molecule has 0 fully saturated rings. The van der Waals surface area contributed by atoms with Crippen LogP contribution in [0.2, 0.25) is 0 Å². The van der Waals surface area contributed by atoms with Crippen molar-refractivity contribution in [3.63, 3.8) is 0 Å². The molecule has 0 aliphatic heterocycles. The van der Waals surface area contributed by atoms with Crippen LogP contribution in [0, 0.1) is 0 Å². The summed E-state index contributed by atoms with van der Waals surface area (Å²) in [6.45, 7) is 2.93. The van der Waals surface area contributed by atoms with Crippen molar-refractivity contribution in [3.8, 4) is 0 Å². The highest BCUT2D eigenvalue weighted by Gasteiger charge is 2.04. The fraction of sp³-hybridized carbons (Fsp3) is 0.357. The van der Waals surface area contributed by atoms with Crippen LogP contribution in [0.3, 0.4) is 0 Å². The van der Waals surface area contributed by atoms with E-state index in [1.807, 2.05) is 24.3 Å². The van der Waals surface area contributed by atoms with Gasteiger partial charge in [-0.15, -0.1) is 0 Å². The molecular weight excluding hydrogens is 212 g/mol. The normalized spacial score (nSPS) is 12.8. The highest BCUT2D eigenvalue weighted by Crippen LogP contribution is 2.11. The van der Waals surface area contributed by atoms with E-state index in [1.165, 1.54) is 0 Å². The molecule has 0 saturated heterocycles. The van der Waals surface area contributed by atoms with Crippen LogP contribution in [-0.4, -0.2) is 22.7 Å². The number of hydrogen-bond donors (Lipinski definition) is 2. The Balaban J connectivity index is 2.09. The molecule has 1 atom stereocenters. The molecule has 3 nitrogen and oxygen atoms in total. The van der Waals surface area contributed by atoms with Gasteiger partial charge in [-0.25, -0.2) is 0 Å². The first kappa shape index (κ1) is 12.0. The van der Waals surface area contributed by atoms with Gasteiger partial charge in [0.05, 0.1) is 17.8 Å². The molecule has 0 aliphatic rings. The second-order valence-corrected chi connectivity index (χ2v) is 4.16. The molecule has 0 spiro atoms. The van der Waals surface area contributed by atoms with Crippen molar-refractivity contribution >= 4 is 10.9 Å². The monoisotopic (exact) mass is 230 g/mol. The van der Waals surface area contributed by atoms with Gasteiger partial charge < -0.3 is 10.4 Å². The van der Waals surface area contributed by atoms with Crippen molar-refractivity contribution in [2.24, 2.45) is 0 Å². The average Bonchev–Trinajstić information content (AvgIpc) is 2.40. The van der Waals surface area contributed by atoms with Crippen LogP contribution >= 0.6 is 0 Å². The number of para-hydroxylation sites is 1. The lowest BCUT2D eigenvalue weighted by molar-refractivity contribution is 0.238. The minimum atomic E-state index is 0.156. The van der Waals surface area contributed by atoms with Gasteiger partial charge in [0.2, 0.25) is 0 Å². The van der Waals surface area contributed by atoms with Crippen molar-refractivity contribution in [3.05, 3.63) is 42.1 Å². The highest BCUT2D eigenvalue weighted by molar-refractivity contribution is 5.78. The van der Waals surface area contributed by atoms with Gasteiger partial charge in [0.25, 0.3) is 0 Å². The van der Waals surface area contributed by atoms with Crippen LogP contribution in [0.5, 0.6) is 0 Å². The van der Waals surface area contributed by atoms with Crippen LogP contribution in [0.25, 0.3) is 10.9 Å². The molecule has 0 aliphatic carbocycles. The molecule has 2 rings (SSSR count). The van der Waals surface area contributed by atoms with Crippen molar-refractivity contribution in [1.29, 1.82) is 0 Å². The molecule has 2 aromatic rings. The second kappa shape index (κ2) is 5.75. The van der Waals surface area contributed by atoms with Crippen molar-refractivity contribution in [2.45, 2.75) is 25.9 Å². The molecule has 0 radical (unpaired) electrons. The number of pyridine rings is 1. The zero-order valence-electron chi connectivity index (χ0n) is 10.1. The fourth-order valence-corrected chi connectivity index (χ4v) is 1.79. The first-order valence-corrected chi connectivity index (χ1v) is 6.02. The SMILES string of the molecule is CCC(CO)NCc1ccc2ccccc2n1. The second-order valence-electron chi connectivity index (χ2n) is 4.16. The average molecular weight is 230 g/mol. The van der Waals surface area contributed by atoms with E-state index >= 15 is 0 Å². The number of rotatable bonds is 5. The zero-order chi connectivity index (χ0) is 12.1. The maximum absolute atomic E-state index is 9.09. The topological polar surface area (TPSA) is 45.1 Å². The van der Waals surface area contributed by atoms with E-state index < -0.39 is 0 Å². The summed E-state index contributed by atoms with van der Waals surface area (Å²) in [6.07, 6.45) is 0.921. The van der Waals surface area contributed by atoms with Gasteiger partial charge in [-0.2, -0.15) is 0 Å². The molecule has 1 aromatic heterocycles. The van der Waals surface area contributed by atoms with E-state index in [1.54, 1.807) is 0 Å². The van der Waals surface area contributed by atoms with E-state index in [-0.39, 0.29) is 12.6 Å². The Hall–Kier alpha value is -1.45. The number of aliphatic hydroxyl groups excluding tert-OH is 1. The number of aliphatic hydroxyl groups is 1. The molecule has 1 heterocycles. The van der Waals surface area contributed by atoms with Gasteiger partial charge in [0.15, 0.2) is 0 Å². The van der Waals surface area contributed by atoms with E-state index in [2.05, 4.69) is 29.4 Å². The van der Waals surface area contributed by atoms with Crippen molar-refractivity contribution in [1.82, 2.24) is 10.3 Å². The summed E-state index contributed by atoms with van der Waals surface area (Å²) in [5.41, 5.74) is 2.03.